The second-order valence-corrected chi connectivity index (χ2v) is 4.67. The van der Waals surface area contributed by atoms with Gasteiger partial charge in [0.1, 0.15) is 5.75 Å². The third kappa shape index (κ3) is 3.03. The summed E-state index contributed by atoms with van der Waals surface area (Å²) < 4.78 is 5.13. The van der Waals surface area contributed by atoms with Crippen LogP contribution < -0.4 is 4.74 Å². The molecule has 0 unspecified atom stereocenters. The highest BCUT2D eigenvalue weighted by atomic mass is 32.2. The molecule has 0 fully saturated rings. The Hall–Kier alpha value is -0.890. The summed E-state index contributed by atoms with van der Waals surface area (Å²) in [6, 6.07) is 8.35. The van der Waals surface area contributed by atoms with Crippen LogP contribution in [0.1, 0.15) is 18.4 Å². The number of aryl methyl sites for hydroxylation is 1. The van der Waals surface area contributed by atoms with Crippen molar-refractivity contribution in [3.63, 3.8) is 0 Å². The molecule has 0 saturated carbocycles. The second kappa shape index (κ2) is 5.26. The molecule has 0 saturated heterocycles. The van der Waals surface area contributed by atoms with Crippen LogP contribution >= 0.6 is 11.8 Å². The maximum absolute atomic E-state index is 5.13. The summed E-state index contributed by atoms with van der Waals surface area (Å²) >= 11 is 1.88. The van der Waals surface area contributed by atoms with Gasteiger partial charge in [0.05, 0.1) is 7.11 Å². The van der Waals surface area contributed by atoms with Crippen LogP contribution in [0.4, 0.5) is 0 Å². The van der Waals surface area contributed by atoms with E-state index in [4.69, 9.17) is 4.74 Å². The minimum absolute atomic E-state index is 0.934. The van der Waals surface area contributed by atoms with E-state index in [9.17, 15) is 0 Å². The van der Waals surface area contributed by atoms with E-state index in [1.807, 2.05) is 23.9 Å². The standard InChI is InChI=1S/C13H15OS/c1-14-12-7-4-11(5-8-12)6-9-13-3-2-10-15-13/h2,4-5,7-8,10H,3,6,9H2,1H3. The fraction of sp³-hybridized carbons (Fsp3) is 0.308. The van der Waals surface area contributed by atoms with Gasteiger partial charge in [-0.05, 0) is 42.4 Å². The van der Waals surface area contributed by atoms with Crippen LogP contribution in [-0.2, 0) is 6.42 Å². The molecule has 0 spiro atoms. The van der Waals surface area contributed by atoms with Crippen LogP contribution in [0.25, 0.3) is 0 Å². The molecule has 1 nitrogen and oxygen atoms in total. The molecule has 1 aromatic carbocycles. The molecule has 1 aromatic rings. The first-order valence-corrected chi connectivity index (χ1v) is 6.06. The molecule has 0 bridgehead atoms. The third-order valence-corrected chi connectivity index (χ3v) is 3.56. The average Bonchev–Trinajstić information content (AvgIpc) is 2.80. The summed E-state index contributed by atoms with van der Waals surface area (Å²) in [6.07, 6.45) is 5.70. The highest BCUT2D eigenvalue weighted by Crippen LogP contribution is 2.34. The van der Waals surface area contributed by atoms with Gasteiger partial charge in [-0.15, -0.1) is 11.8 Å². The molecule has 1 aliphatic rings. The molecule has 0 atom stereocenters. The van der Waals surface area contributed by atoms with Crippen molar-refractivity contribution >= 4 is 11.8 Å². The zero-order chi connectivity index (χ0) is 10.5. The number of rotatable bonds is 4. The molecule has 0 aromatic heterocycles. The Bertz CT molecular complexity index is 321. The van der Waals surface area contributed by atoms with Gasteiger partial charge in [-0.1, -0.05) is 18.2 Å². The Morgan fingerprint density at radius 3 is 2.60 bits per heavy atom. The van der Waals surface area contributed by atoms with Crippen molar-refractivity contribution in [2.45, 2.75) is 19.3 Å². The fourth-order valence-electron chi connectivity index (χ4n) is 1.61. The van der Waals surface area contributed by atoms with E-state index in [-0.39, 0.29) is 0 Å². The van der Waals surface area contributed by atoms with Gasteiger partial charge in [-0.2, -0.15) is 0 Å². The first-order chi connectivity index (χ1) is 7.38. The first-order valence-electron chi connectivity index (χ1n) is 5.18. The number of allylic oxidation sites excluding steroid dienone is 1. The highest BCUT2D eigenvalue weighted by molar-refractivity contribution is 8.05. The summed E-state index contributed by atoms with van der Waals surface area (Å²) in [7, 11) is 1.70. The smallest absolute Gasteiger partial charge is 0.118 e. The van der Waals surface area contributed by atoms with Gasteiger partial charge in [0.25, 0.3) is 0 Å². The predicted molar refractivity (Wildman–Crippen MR) is 65.9 cm³/mol. The molecule has 0 amide bonds. The lowest BCUT2D eigenvalue weighted by molar-refractivity contribution is 0.414. The molecule has 2 rings (SSSR count). The minimum Gasteiger partial charge on any atom is -0.497 e. The van der Waals surface area contributed by atoms with Gasteiger partial charge in [0, 0.05) is 5.25 Å². The molecule has 1 radical (unpaired) electrons. The normalized spacial score (nSPS) is 15.8. The zero-order valence-corrected chi connectivity index (χ0v) is 9.72. The molecule has 1 heterocycles. The van der Waals surface area contributed by atoms with Gasteiger partial charge >= 0.3 is 0 Å². The van der Waals surface area contributed by atoms with E-state index in [0.29, 0.717) is 0 Å². The summed E-state index contributed by atoms with van der Waals surface area (Å²) in [5.74, 6) is 0.934. The van der Waals surface area contributed by atoms with Gasteiger partial charge < -0.3 is 4.74 Å². The molecular weight excluding hydrogens is 204 g/mol. The van der Waals surface area contributed by atoms with Crippen LogP contribution in [0.15, 0.2) is 35.7 Å². The van der Waals surface area contributed by atoms with Crippen LogP contribution in [0, 0.1) is 5.25 Å². The third-order valence-electron chi connectivity index (χ3n) is 2.53. The Morgan fingerprint density at radius 2 is 2.00 bits per heavy atom. The van der Waals surface area contributed by atoms with Crippen molar-refractivity contribution in [3.05, 3.63) is 46.6 Å². The molecule has 15 heavy (non-hydrogen) atoms. The number of hydrogen-bond acceptors (Lipinski definition) is 2. The predicted octanol–water partition coefficient (Wildman–Crippen LogP) is 3.81. The quantitative estimate of drug-likeness (QED) is 0.761. The molecule has 79 valence electrons. The van der Waals surface area contributed by atoms with E-state index in [0.717, 1.165) is 18.6 Å². The van der Waals surface area contributed by atoms with Gasteiger partial charge in [0.2, 0.25) is 0 Å². The second-order valence-electron chi connectivity index (χ2n) is 3.58. The summed E-state index contributed by atoms with van der Waals surface area (Å²) in [4.78, 5) is 0. The Balaban J connectivity index is 1.82. The SMILES string of the molecule is COc1ccc(CC[C]2CC=CS2)cc1. The first kappa shape index (κ1) is 10.6. The topological polar surface area (TPSA) is 9.23 Å². The van der Waals surface area contributed by atoms with Gasteiger partial charge in [0.15, 0.2) is 0 Å². The van der Waals surface area contributed by atoms with Gasteiger partial charge in [-0.25, -0.2) is 0 Å². The Morgan fingerprint density at radius 1 is 1.20 bits per heavy atom. The zero-order valence-electron chi connectivity index (χ0n) is 8.90. The number of hydrogen-bond donors (Lipinski definition) is 0. The Kier molecular flexibility index (Phi) is 3.73. The van der Waals surface area contributed by atoms with Crippen molar-refractivity contribution in [2.75, 3.05) is 7.11 Å². The molecule has 0 aliphatic carbocycles. The van der Waals surface area contributed by atoms with Crippen LogP contribution in [-0.4, -0.2) is 7.11 Å². The monoisotopic (exact) mass is 219 g/mol. The molecule has 2 heteroatoms. The lowest BCUT2D eigenvalue weighted by Crippen LogP contribution is -1.92. The van der Waals surface area contributed by atoms with E-state index < -0.39 is 0 Å². The van der Waals surface area contributed by atoms with Gasteiger partial charge in [-0.3, -0.25) is 0 Å². The van der Waals surface area contributed by atoms with Crippen molar-refractivity contribution in [3.8, 4) is 5.75 Å². The van der Waals surface area contributed by atoms with Crippen molar-refractivity contribution in [1.82, 2.24) is 0 Å². The molecule has 1 aliphatic heterocycles. The fourth-order valence-corrected chi connectivity index (χ4v) is 2.41. The van der Waals surface area contributed by atoms with Crippen LogP contribution in [0.5, 0.6) is 5.75 Å². The average molecular weight is 219 g/mol. The molecule has 0 N–H and O–H groups in total. The van der Waals surface area contributed by atoms with E-state index in [1.54, 1.807) is 12.4 Å². The van der Waals surface area contributed by atoms with Crippen LogP contribution in [0.2, 0.25) is 0 Å². The van der Waals surface area contributed by atoms with Crippen molar-refractivity contribution in [2.24, 2.45) is 0 Å². The number of ether oxygens (including phenoxy) is 1. The number of methoxy groups -OCH3 is 1. The van der Waals surface area contributed by atoms with E-state index in [1.165, 1.54) is 12.0 Å². The largest absolute Gasteiger partial charge is 0.497 e. The highest BCUT2D eigenvalue weighted by Gasteiger charge is 2.11. The van der Waals surface area contributed by atoms with E-state index >= 15 is 0 Å². The minimum atomic E-state index is 0.934. The maximum Gasteiger partial charge on any atom is 0.118 e. The summed E-state index contributed by atoms with van der Waals surface area (Å²) in [6.45, 7) is 0. The van der Waals surface area contributed by atoms with Crippen molar-refractivity contribution in [1.29, 1.82) is 0 Å². The molecular formula is C13H15OS. The Labute approximate surface area is 95.5 Å². The summed E-state index contributed by atoms with van der Waals surface area (Å²) in [5, 5.41) is 3.76. The number of thioether (sulfide) groups is 1. The number of benzene rings is 1. The lowest BCUT2D eigenvalue weighted by atomic mass is 10.1. The van der Waals surface area contributed by atoms with E-state index in [2.05, 4.69) is 23.6 Å². The maximum atomic E-state index is 5.13. The van der Waals surface area contributed by atoms with Crippen LogP contribution in [0.3, 0.4) is 0 Å². The van der Waals surface area contributed by atoms with Crippen molar-refractivity contribution < 1.29 is 4.74 Å². The summed E-state index contributed by atoms with van der Waals surface area (Å²) in [5.41, 5.74) is 1.39. The lowest BCUT2D eigenvalue weighted by Gasteiger charge is -2.07.